The number of imidazole rings is 2. The molecule has 0 radical (unpaired) electrons. The fraction of sp³-hybridized carbons (Fsp3) is 0.408. The van der Waals surface area contributed by atoms with Gasteiger partial charge in [-0.3, -0.25) is 38.3 Å². The summed E-state index contributed by atoms with van der Waals surface area (Å²) < 4.78 is 15.4. The summed E-state index contributed by atoms with van der Waals surface area (Å²) in [6.45, 7) is 7.81. The van der Waals surface area contributed by atoms with Gasteiger partial charge < -0.3 is 136 Å². The number of hydrogen-bond acceptors (Lipinski definition) is 55. The molecule has 0 spiro atoms. The summed E-state index contributed by atoms with van der Waals surface area (Å²) in [7, 11) is 0. The van der Waals surface area contributed by atoms with Crippen molar-refractivity contribution in [2.24, 2.45) is 0 Å². The zero-order valence-corrected chi connectivity index (χ0v) is 90.5. The van der Waals surface area contributed by atoms with Gasteiger partial charge in [0.1, 0.15) is 48.1 Å². The quantitative estimate of drug-likeness (QED) is 0.00706. The Kier molecular flexibility index (Phi) is 47.5. The number of hydrogen-bond donors (Lipinski definition) is 19. The van der Waals surface area contributed by atoms with Crippen LogP contribution in [0, 0.1) is 0 Å². The van der Waals surface area contributed by atoms with E-state index in [1.54, 1.807) is 57.4 Å². The number of fused-ring (bicyclic) bond motifs is 7. The van der Waals surface area contributed by atoms with Crippen molar-refractivity contribution in [2.45, 2.75) is 116 Å². The number of likely N-dealkylation sites (tertiary alicyclic amines) is 2. The van der Waals surface area contributed by atoms with Crippen molar-refractivity contribution in [3.8, 4) is 0 Å². The number of aromatic amines is 2. The van der Waals surface area contributed by atoms with Crippen molar-refractivity contribution in [2.75, 3.05) is 121 Å². The maximum absolute atomic E-state index is 12.0. The first kappa shape index (κ1) is 115. The number of thioether (sulfide) groups is 2. The molecule has 4 aliphatic heterocycles. The first-order valence-electron chi connectivity index (χ1n) is 39.5. The number of aromatic nitrogens is 28. The molecule has 136 heavy (non-hydrogen) atoms. The molecule has 0 saturated carbocycles. The minimum atomic E-state index is -1.11. The van der Waals surface area contributed by atoms with Crippen LogP contribution in [0.5, 0.6) is 0 Å². The second-order valence-electron chi connectivity index (χ2n) is 28.6. The number of aliphatic hydroxyl groups excluding tert-OH is 5. The standard InChI is InChI=1S/C24H33N13O3S.C24H32N12O4S.C7H7BrN6.C7H6BrN5O.C7H8N6O.2CH2O3.4K.2H/c25-19-16-22(31-10-30-19)37(11-32-16)23-18(39)17(38)14(40-23)9-41-13-1-4-36(5-2-13)6-3-28-7-12-8-29-21-15(33-12)20(26)34-24(27)35-21;25-19-15-21(30-10-29-19)36(11-31-15)23-18(38)17(37)14(40-23)9-41-13-1-4-35(5-2-13)6-3-27-7-12-8-28-20-16(32-12)22(39)34-24(26)33-20;8-1-3-2-11-6-4(12-3)5(9)13-7(10)14-6;8-1-3-2-10-5-4(11-3)6(14)13-7(9)12-5;8-5-4-6(13-7(9)12-5)10-1-3(2-14)11-4;2*2-1-4-3;;;;;;/h8,10-11,13-14,17-18,23,28,38-39H,1-7,9H2,(H2,25,30,31)(H4,26,27,29,34,35);8,10-11,13-14,17-18,23,27,37-38H,1-7,9H2,(H2,25,29,30)(H3,26,28,33,34,39);2H,1H2,(H4,9,10,11,13,14);2H,1H2,(H3,9,10,12,13,14);1,14H,2H2,(H4,8,9,10,12,13);2*1,3H;;;;;;/q;;;;;;;4*+1;2*-1/p-2/t2*14-,17+,18?,23-;;;;;;;;;;;/m11.........../s1. The van der Waals surface area contributed by atoms with Crippen molar-refractivity contribution in [3.63, 3.8) is 0 Å². The van der Waals surface area contributed by atoms with Crippen LogP contribution in [-0.2, 0) is 59.2 Å². The SMILES string of the molecule is Nc1nc(N)c2nc(CBr)cnc2n1.Nc1nc(N)c2nc(CNCCN3CCC(SC[C@H]4O[C@@H](n5cnc6c(N)ncnc65)C(O)[C@H]4O)CC3)cnc2n1.Nc1nc(N)c2nc(CO)cnc2n1.Nc1nc2ncc(CBr)nc2c(=O)[nH]1.Nc1nc2ncc(CNCCN3CCC(SC[C@H]4O[C@@H](n5cnc6c(N)ncnc65)C(O)[C@H]4O)CC3)nc2c(=O)[nH]1.O=CO[O-].O=CO[O-].[H-].[H-].[K+].[K+].[K+].[K+]. The van der Waals surface area contributed by atoms with Crippen LogP contribution in [0.15, 0.2) is 65.9 Å². The van der Waals surface area contributed by atoms with Crippen LogP contribution >= 0.6 is 55.4 Å². The molecule has 0 aliphatic carbocycles. The fourth-order valence-corrected chi connectivity index (χ4v) is 16.6. The normalized spacial score (nSPS) is 18.1. The van der Waals surface area contributed by atoms with Crippen LogP contribution in [0.1, 0.15) is 69.5 Å². The summed E-state index contributed by atoms with van der Waals surface area (Å²) >= 11 is 10.1. The molecular weight excluding hydrogens is 2060 g/mol. The molecule has 18 rings (SSSR count). The molecule has 18 heterocycles. The number of nitrogens with two attached hydrogens (primary N) is 10. The van der Waals surface area contributed by atoms with Crippen molar-refractivity contribution >= 4 is 205 Å². The average Bonchev–Trinajstić information content (AvgIpc) is 1.62. The number of aliphatic hydroxyl groups is 5. The molecule has 4 fully saturated rings. The molecule has 14 aromatic rings. The Balaban J connectivity index is 0.000000277. The number of carbonyl (C=O) groups is 2. The third-order valence-corrected chi connectivity index (χ3v) is 23.9. The third kappa shape index (κ3) is 31.0. The number of ether oxygens (including phenoxy) is 2. The zero-order valence-electron chi connectivity index (χ0n) is 75.2. The van der Waals surface area contributed by atoms with E-state index < -0.39 is 54.6 Å². The summed E-state index contributed by atoms with van der Waals surface area (Å²) in [6, 6.07) is 0. The van der Waals surface area contributed by atoms with Gasteiger partial charge in [0.2, 0.25) is 29.7 Å². The molecule has 0 bridgehead atoms. The van der Waals surface area contributed by atoms with E-state index in [9.17, 15) is 30.0 Å². The van der Waals surface area contributed by atoms with Crippen LogP contribution in [0.3, 0.4) is 0 Å². The largest absolute Gasteiger partial charge is 1.00 e. The number of rotatable bonds is 23. The molecule has 29 N–H and O–H groups in total. The fourth-order valence-electron chi connectivity index (χ4n) is 13.5. The van der Waals surface area contributed by atoms with Gasteiger partial charge in [-0.2, -0.15) is 63.4 Å². The zero-order chi connectivity index (χ0) is 94.2. The predicted octanol–water partition coefficient (Wildman–Crippen LogP) is -17.6. The first-order valence-corrected chi connectivity index (χ1v) is 43.9. The molecule has 704 valence electrons. The summed E-state index contributed by atoms with van der Waals surface area (Å²) in [4.78, 5) is 153. The van der Waals surface area contributed by atoms with Gasteiger partial charge in [-0.05, 0) is 51.9 Å². The number of H-pyrrole nitrogens is 2. The molecule has 65 heteroatoms. The van der Waals surface area contributed by atoms with Crippen molar-refractivity contribution in [3.05, 3.63) is 105 Å². The molecule has 0 aromatic carbocycles. The molecule has 4 aliphatic rings. The monoisotopic (exact) mass is 2150 g/mol. The van der Waals surface area contributed by atoms with Gasteiger partial charge in [0.15, 0.2) is 109 Å². The number of nitrogens with zero attached hydrogens (tertiary/aromatic N) is 28. The van der Waals surface area contributed by atoms with Crippen LogP contribution in [0.4, 0.5) is 58.8 Å². The number of alkyl halides is 2. The van der Waals surface area contributed by atoms with Gasteiger partial charge in [0.05, 0.1) is 90.9 Å². The molecule has 8 atom stereocenters. The summed E-state index contributed by atoms with van der Waals surface area (Å²) in [5.74, 6) is 2.60. The smallest absolute Gasteiger partial charge is 1.00 e. The number of piperidine rings is 2. The number of carbonyl (C=O) groups excluding carboxylic acids is 2. The maximum atomic E-state index is 12.0. The van der Waals surface area contributed by atoms with Crippen molar-refractivity contribution in [1.82, 2.24) is 159 Å². The second kappa shape index (κ2) is 56.3. The van der Waals surface area contributed by atoms with E-state index in [2.05, 4.69) is 192 Å². The summed E-state index contributed by atoms with van der Waals surface area (Å²) in [5, 5.41) is 77.3. The van der Waals surface area contributed by atoms with Crippen LogP contribution in [0.25, 0.3) is 78.1 Å². The van der Waals surface area contributed by atoms with E-state index in [0.717, 1.165) is 89.4 Å². The van der Waals surface area contributed by atoms with E-state index >= 15 is 0 Å². The molecular formula is C71H90Br2K4N42O15S2. The van der Waals surface area contributed by atoms with E-state index in [1.807, 2.05) is 0 Å². The Morgan fingerprint density at radius 3 is 1.12 bits per heavy atom. The Bertz CT molecular complexity index is 6340. The average molecular weight is 2150 g/mol. The minimum absolute atomic E-state index is 0. The molecule has 0 amide bonds. The number of nitrogens with one attached hydrogen (secondary N) is 4. The Labute approximate surface area is 966 Å². The van der Waals surface area contributed by atoms with E-state index in [-0.39, 0.29) is 315 Å². The predicted molar refractivity (Wildman–Crippen MR) is 483 cm³/mol. The number of halogens is 2. The van der Waals surface area contributed by atoms with Crippen molar-refractivity contribution in [1.29, 1.82) is 0 Å². The van der Waals surface area contributed by atoms with Gasteiger partial charge >= 0.3 is 206 Å². The van der Waals surface area contributed by atoms with E-state index in [0.29, 0.717) is 119 Å². The molecule has 4 saturated heterocycles. The van der Waals surface area contributed by atoms with Gasteiger partial charge in [-0.25, -0.2) is 79.7 Å². The molecule has 14 aromatic heterocycles. The molecule has 57 nitrogen and oxygen atoms in total. The Morgan fingerprint density at radius 1 is 0.441 bits per heavy atom. The van der Waals surface area contributed by atoms with Crippen molar-refractivity contribution < 1.29 is 273 Å². The first-order chi connectivity index (χ1) is 63.7. The van der Waals surface area contributed by atoms with Crippen LogP contribution in [-0.4, -0.2) is 298 Å². The third-order valence-electron chi connectivity index (χ3n) is 19.9. The van der Waals surface area contributed by atoms with E-state index in [1.165, 1.54) is 31.5 Å². The van der Waals surface area contributed by atoms with Gasteiger partial charge in [0, 0.05) is 71.9 Å². The van der Waals surface area contributed by atoms with E-state index in [4.69, 9.17) is 92.0 Å². The number of anilines is 10. The topological polar surface area (TPSA) is 894 Å². The van der Waals surface area contributed by atoms with Gasteiger partial charge in [-0.1, -0.05) is 31.9 Å². The van der Waals surface area contributed by atoms with Gasteiger partial charge in [-0.15, -0.1) is 0 Å². The Hall–Kier alpha value is -6.57. The van der Waals surface area contributed by atoms with Gasteiger partial charge in [0.25, 0.3) is 24.1 Å². The van der Waals surface area contributed by atoms with Crippen LogP contribution < -0.4 is 295 Å². The second-order valence-corrected chi connectivity index (χ2v) is 32.4. The maximum Gasteiger partial charge on any atom is 1.00 e. The number of nitrogen functional groups attached to an aromatic ring is 10. The summed E-state index contributed by atoms with van der Waals surface area (Å²) in [6.07, 6.45) is 10.8. The van der Waals surface area contributed by atoms with Crippen LogP contribution in [0.2, 0.25) is 0 Å². The Morgan fingerprint density at radius 2 is 0.765 bits per heavy atom. The summed E-state index contributed by atoms with van der Waals surface area (Å²) in [5.41, 5.74) is 63.7. The minimum Gasteiger partial charge on any atom is -1.00 e. The molecule has 2 unspecified atom stereocenters.